The topological polar surface area (TPSA) is 44.6 Å². The SMILES string of the molecule is O=C(CN1CCN(CCn2ccnc2)CC1)N1CCC(Cc2ccccc2)CC1. The summed E-state index contributed by atoms with van der Waals surface area (Å²) in [5.74, 6) is 1.02. The Morgan fingerprint density at radius 3 is 2.34 bits per heavy atom. The van der Waals surface area contributed by atoms with Gasteiger partial charge in [0.25, 0.3) is 0 Å². The van der Waals surface area contributed by atoms with E-state index in [2.05, 4.69) is 54.6 Å². The van der Waals surface area contributed by atoms with Crippen LogP contribution in [0.25, 0.3) is 0 Å². The molecule has 0 N–H and O–H groups in total. The highest BCUT2D eigenvalue weighted by Gasteiger charge is 2.25. The van der Waals surface area contributed by atoms with Crippen LogP contribution in [-0.2, 0) is 17.8 Å². The van der Waals surface area contributed by atoms with E-state index in [-0.39, 0.29) is 0 Å². The summed E-state index contributed by atoms with van der Waals surface area (Å²) >= 11 is 0. The fourth-order valence-corrected chi connectivity index (χ4v) is 4.47. The van der Waals surface area contributed by atoms with E-state index in [4.69, 9.17) is 0 Å². The maximum absolute atomic E-state index is 12.8. The van der Waals surface area contributed by atoms with Crippen molar-refractivity contribution in [3.8, 4) is 0 Å². The predicted octanol–water partition coefficient (Wildman–Crippen LogP) is 1.98. The average Bonchev–Trinajstić information content (AvgIpc) is 3.28. The Hall–Kier alpha value is -2.18. The molecular formula is C23H33N5O. The van der Waals surface area contributed by atoms with E-state index in [1.54, 1.807) is 0 Å². The summed E-state index contributed by atoms with van der Waals surface area (Å²) in [4.78, 5) is 23.7. The van der Waals surface area contributed by atoms with Gasteiger partial charge in [-0.1, -0.05) is 30.3 Å². The number of imidazole rings is 1. The monoisotopic (exact) mass is 395 g/mol. The Bertz CT molecular complexity index is 732. The lowest BCUT2D eigenvalue weighted by Gasteiger charge is -2.37. The first-order valence-corrected chi connectivity index (χ1v) is 11.0. The van der Waals surface area contributed by atoms with Crippen LogP contribution in [0.4, 0.5) is 0 Å². The van der Waals surface area contributed by atoms with Crippen molar-refractivity contribution < 1.29 is 4.79 Å². The molecule has 2 fully saturated rings. The molecule has 0 spiro atoms. The molecule has 156 valence electrons. The van der Waals surface area contributed by atoms with Crippen LogP contribution in [0.1, 0.15) is 18.4 Å². The molecule has 0 unspecified atom stereocenters. The van der Waals surface area contributed by atoms with Gasteiger partial charge in [-0.25, -0.2) is 4.98 Å². The molecule has 0 aliphatic carbocycles. The van der Waals surface area contributed by atoms with Crippen molar-refractivity contribution in [3.63, 3.8) is 0 Å². The smallest absolute Gasteiger partial charge is 0.236 e. The zero-order valence-corrected chi connectivity index (χ0v) is 17.3. The predicted molar refractivity (Wildman–Crippen MR) is 115 cm³/mol. The van der Waals surface area contributed by atoms with Gasteiger partial charge in [0.1, 0.15) is 0 Å². The van der Waals surface area contributed by atoms with Gasteiger partial charge in [-0.05, 0) is 30.7 Å². The first-order chi connectivity index (χ1) is 14.3. The van der Waals surface area contributed by atoms with Gasteiger partial charge in [-0.15, -0.1) is 0 Å². The minimum Gasteiger partial charge on any atom is -0.342 e. The Morgan fingerprint density at radius 2 is 1.66 bits per heavy atom. The molecular weight excluding hydrogens is 362 g/mol. The van der Waals surface area contributed by atoms with Gasteiger partial charge in [0, 0.05) is 64.8 Å². The summed E-state index contributed by atoms with van der Waals surface area (Å²) in [7, 11) is 0. The molecule has 1 aromatic heterocycles. The van der Waals surface area contributed by atoms with Crippen LogP contribution >= 0.6 is 0 Å². The summed E-state index contributed by atoms with van der Waals surface area (Å²) in [6.45, 7) is 8.51. The minimum atomic E-state index is 0.315. The van der Waals surface area contributed by atoms with Crippen molar-refractivity contribution in [1.82, 2.24) is 24.3 Å². The van der Waals surface area contributed by atoms with Crippen LogP contribution in [0.15, 0.2) is 49.1 Å². The Labute approximate surface area is 174 Å². The molecule has 3 heterocycles. The van der Waals surface area contributed by atoms with Gasteiger partial charge >= 0.3 is 0 Å². The first-order valence-electron chi connectivity index (χ1n) is 11.0. The molecule has 0 bridgehead atoms. The maximum Gasteiger partial charge on any atom is 0.236 e. The number of piperazine rings is 1. The lowest BCUT2D eigenvalue weighted by molar-refractivity contribution is -0.134. The summed E-state index contributed by atoms with van der Waals surface area (Å²) in [6.07, 6.45) is 9.11. The first kappa shape index (κ1) is 20.1. The highest BCUT2D eigenvalue weighted by atomic mass is 16.2. The number of rotatable bonds is 7. The third-order valence-corrected chi connectivity index (χ3v) is 6.39. The van der Waals surface area contributed by atoms with Gasteiger partial charge in [-0.2, -0.15) is 0 Å². The second-order valence-corrected chi connectivity index (χ2v) is 8.43. The summed E-state index contributed by atoms with van der Waals surface area (Å²) in [5.41, 5.74) is 1.42. The number of likely N-dealkylation sites (tertiary alicyclic amines) is 1. The van der Waals surface area contributed by atoms with Gasteiger partial charge in [0.05, 0.1) is 12.9 Å². The maximum atomic E-state index is 12.8. The van der Waals surface area contributed by atoms with E-state index in [0.717, 1.165) is 71.6 Å². The standard InChI is InChI=1S/C23H33N5O/c29-23(28-9-6-22(7-10-28)18-21-4-2-1-3-5-21)19-26-15-12-25(13-16-26)14-17-27-11-8-24-20-27/h1-5,8,11,20,22H,6-7,9-10,12-19H2. The average molecular weight is 396 g/mol. The fourth-order valence-electron chi connectivity index (χ4n) is 4.47. The van der Waals surface area contributed by atoms with Crippen molar-refractivity contribution in [1.29, 1.82) is 0 Å². The van der Waals surface area contributed by atoms with Crippen molar-refractivity contribution in [2.45, 2.75) is 25.8 Å². The summed E-state index contributed by atoms with van der Waals surface area (Å²) in [5, 5.41) is 0. The van der Waals surface area contributed by atoms with Gasteiger partial charge in [0.15, 0.2) is 0 Å². The Morgan fingerprint density at radius 1 is 0.931 bits per heavy atom. The molecule has 0 saturated carbocycles. The van der Waals surface area contributed by atoms with E-state index in [0.29, 0.717) is 18.4 Å². The van der Waals surface area contributed by atoms with Crippen LogP contribution in [0.3, 0.4) is 0 Å². The number of aromatic nitrogens is 2. The van der Waals surface area contributed by atoms with Gasteiger partial charge in [-0.3, -0.25) is 14.6 Å². The quantitative estimate of drug-likeness (QED) is 0.719. The van der Waals surface area contributed by atoms with Crippen molar-refractivity contribution in [2.24, 2.45) is 5.92 Å². The van der Waals surface area contributed by atoms with Crippen LogP contribution in [0.2, 0.25) is 0 Å². The Kier molecular flexibility index (Phi) is 6.96. The van der Waals surface area contributed by atoms with Crippen LogP contribution in [-0.4, -0.2) is 82.5 Å². The minimum absolute atomic E-state index is 0.315. The molecule has 0 radical (unpaired) electrons. The normalized spacial score (nSPS) is 19.5. The third-order valence-electron chi connectivity index (χ3n) is 6.39. The number of benzene rings is 1. The number of hydrogen-bond acceptors (Lipinski definition) is 4. The van der Waals surface area contributed by atoms with Crippen molar-refractivity contribution >= 4 is 5.91 Å². The third kappa shape index (κ3) is 5.90. The second kappa shape index (κ2) is 10.0. The highest BCUT2D eigenvalue weighted by molar-refractivity contribution is 5.78. The van der Waals surface area contributed by atoms with E-state index in [1.165, 1.54) is 5.56 Å². The van der Waals surface area contributed by atoms with Crippen LogP contribution in [0.5, 0.6) is 0 Å². The van der Waals surface area contributed by atoms with Crippen molar-refractivity contribution in [2.75, 3.05) is 52.4 Å². The van der Waals surface area contributed by atoms with Gasteiger partial charge < -0.3 is 9.47 Å². The van der Waals surface area contributed by atoms with Crippen LogP contribution in [0, 0.1) is 5.92 Å². The highest BCUT2D eigenvalue weighted by Crippen LogP contribution is 2.22. The lowest BCUT2D eigenvalue weighted by atomic mass is 9.90. The zero-order chi connectivity index (χ0) is 19.9. The van der Waals surface area contributed by atoms with Crippen molar-refractivity contribution in [3.05, 3.63) is 54.6 Å². The largest absolute Gasteiger partial charge is 0.342 e. The number of piperidine rings is 1. The molecule has 4 rings (SSSR count). The van der Waals surface area contributed by atoms with E-state index in [1.807, 2.05) is 18.7 Å². The van der Waals surface area contributed by atoms with E-state index >= 15 is 0 Å². The number of carbonyl (C=O) groups excluding carboxylic acids is 1. The van der Waals surface area contributed by atoms with Crippen LogP contribution < -0.4 is 0 Å². The number of hydrogen-bond donors (Lipinski definition) is 0. The molecule has 2 saturated heterocycles. The fraction of sp³-hybridized carbons (Fsp3) is 0.565. The Balaban J connectivity index is 1.13. The molecule has 1 aromatic carbocycles. The number of carbonyl (C=O) groups is 1. The lowest BCUT2D eigenvalue weighted by Crippen LogP contribution is -2.51. The summed E-state index contributed by atoms with van der Waals surface area (Å²) < 4.78 is 2.12. The molecule has 2 aromatic rings. The summed E-state index contributed by atoms with van der Waals surface area (Å²) in [6, 6.07) is 10.7. The molecule has 6 heteroatoms. The molecule has 2 aliphatic rings. The second-order valence-electron chi connectivity index (χ2n) is 8.43. The number of nitrogens with zero attached hydrogens (tertiary/aromatic N) is 5. The zero-order valence-electron chi connectivity index (χ0n) is 17.3. The van der Waals surface area contributed by atoms with E-state index in [9.17, 15) is 4.79 Å². The van der Waals surface area contributed by atoms with E-state index < -0.39 is 0 Å². The molecule has 29 heavy (non-hydrogen) atoms. The van der Waals surface area contributed by atoms with Gasteiger partial charge in [0.2, 0.25) is 5.91 Å². The number of amides is 1. The molecule has 2 aliphatic heterocycles. The molecule has 0 atom stereocenters. The molecule has 6 nitrogen and oxygen atoms in total. The molecule has 1 amide bonds.